The summed E-state index contributed by atoms with van der Waals surface area (Å²) in [4.78, 5) is 71.3. The number of nitrogens with one attached hydrogen (secondary N) is 4. The Morgan fingerprint density at radius 1 is 0.800 bits per heavy atom. The number of methoxy groups -OCH3 is 2. The van der Waals surface area contributed by atoms with Gasteiger partial charge >= 0.3 is 12.2 Å². The number of carbonyl (C=O) groups excluding carboxylic acids is 4. The van der Waals surface area contributed by atoms with Crippen LogP contribution < -0.4 is 10.6 Å². The van der Waals surface area contributed by atoms with Gasteiger partial charge in [0, 0.05) is 30.6 Å². The number of hydrogen-bond acceptors (Lipinski definition) is 8. The van der Waals surface area contributed by atoms with Crippen molar-refractivity contribution in [2.24, 2.45) is 22.7 Å². The van der Waals surface area contributed by atoms with Crippen LogP contribution in [0.2, 0.25) is 0 Å². The summed E-state index contributed by atoms with van der Waals surface area (Å²) in [6.07, 6.45) is 2.88. The molecule has 2 saturated heterocycles. The lowest BCUT2D eigenvalue weighted by Gasteiger charge is -2.30. The maximum Gasteiger partial charge on any atom is 0.407 e. The molecule has 316 valence electrons. The lowest BCUT2D eigenvalue weighted by atomic mass is 10.0. The van der Waals surface area contributed by atoms with Crippen LogP contribution in [0.3, 0.4) is 0 Å². The topological polar surface area (TPSA) is 175 Å². The Bertz CT molecular complexity index is 2390. The van der Waals surface area contributed by atoms with E-state index >= 15 is 0 Å². The number of alkyl halides is 2. The number of imidazole rings is 2. The van der Waals surface area contributed by atoms with Gasteiger partial charge in [-0.05, 0) is 78.8 Å². The number of hydrogen-bond donors (Lipinski definition) is 4. The highest BCUT2D eigenvalue weighted by Gasteiger charge is 2.75. The smallest absolute Gasteiger partial charge is 0.407 e. The van der Waals surface area contributed by atoms with E-state index in [9.17, 15) is 28.0 Å². The predicted octanol–water partition coefficient (Wildman–Crippen LogP) is 6.47. The average Bonchev–Trinajstić information content (AvgIpc) is 3.64. The van der Waals surface area contributed by atoms with Crippen molar-refractivity contribution in [3.05, 3.63) is 71.4 Å². The summed E-state index contributed by atoms with van der Waals surface area (Å²) in [5.74, 6) is 3.62. The molecule has 16 heteroatoms. The van der Waals surface area contributed by atoms with Crippen LogP contribution in [0.15, 0.2) is 48.7 Å². The summed E-state index contributed by atoms with van der Waals surface area (Å²) in [5.41, 5.74) is 3.32. The molecule has 2 spiro atoms. The Kier molecular flexibility index (Phi) is 10.4. The second-order valence-electron chi connectivity index (χ2n) is 17.6. The van der Waals surface area contributed by atoms with E-state index in [0.29, 0.717) is 23.9 Å². The zero-order valence-electron chi connectivity index (χ0n) is 34.5. The van der Waals surface area contributed by atoms with Crippen molar-refractivity contribution < 1.29 is 37.4 Å². The van der Waals surface area contributed by atoms with Crippen molar-refractivity contribution in [2.75, 3.05) is 27.3 Å². The number of aromatic amines is 2. The van der Waals surface area contributed by atoms with Crippen LogP contribution in [0.25, 0.3) is 22.3 Å². The van der Waals surface area contributed by atoms with Crippen LogP contribution in [0.5, 0.6) is 0 Å². The molecule has 1 unspecified atom stereocenters. The number of amides is 4. The number of fused-ring (bicyclic) bond motifs is 1. The van der Waals surface area contributed by atoms with Gasteiger partial charge in [0.05, 0.1) is 54.6 Å². The minimum absolute atomic E-state index is 0.0518. The molecule has 4 N–H and O–H groups in total. The number of likely N-dealkylation sites (tertiary alicyclic amines) is 2. The first-order valence-corrected chi connectivity index (χ1v) is 20.4. The first-order chi connectivity index (χ1) is 28.5. The summed E-state index contributed by atoms with van der Waals surface area (Å²) >= 11 is 0. The quantitative estimate of drug-likeness (QED) is 0.139. The molecule has 2 aromatic carbocycles. The SMILES string of the molecule is COC(=O)NC(C(=O)N1C[C@]2(C[C@H]1c1ncc(-c3ccc(C#Cc4ccc5nc([C@@H]6CC7(CC7)CN6C(=O)[C@@H](NC(=O)OC)C(C)C)[nH]c5c4)cc3)[nH]1)CC2(F)F)C(C)C. The minimum Gasteiger partial charge on any atom is -0.453 e. The molecule has 5 atom stereocenters. The Balaban J connectivity index is 0.969. The maximum absolute atomic E-state index is 14.7. The minimum atomic E-state index is -2.88. The van der Waals surface area contributed by atoms with Gasteiger partial charge in [0.25, 0.3) is 5.92 Å². The Morgan fingerprint density at radius 2 is 1.37 bits per heavy atom. The molecule has 14 nitrogen and oxygen atoms in total. The van der Waals surface area contributed by atoms with Crippen molar-refractivity contribution in [1.29, 1.82) is 0 Å². The summed E-state index contributed by atoms with van der Waals surface area (Å²) in [6.45, 7) is 7.83. The normalized spacial score (nSPS) is 23.1. The van der Waals surface area contributed by atoms with Gasteiger partial charge in [-0.3, -0.25) is 9.59 Å². The van der Waals surface area contributed by atoms with Crippen molar-refractivity contribution in [1.82, 2.24) is 40.4 Å². The molecular weight excluding hydrogens is 775 g/mol. The van der Waals surface area contributed by atoms with E-state index in [0.717, 1.165) is 47.0 Å². The number of halogens is 2. The molecule has 4 heterocycles. The Labute approximate surface area is 346 Å². The van der Waals surface area contributed by atoms with E-state index in [1.54, 1.807) is 20.0 Å². The molecule has 4 aromatic rings. The zero-order valence-corrected chi connectivity index (χ0v) is 34.5. The number of ether oxygens (including phenoxy) is 2. The second kappa shape index (κ2) is 15.2. The molecule has 60 heavy (non-hydrogen) atoms. The number of H-pyrrole nitrogens is 2. The highest BCUT2D eigenvalue weighted by Crippen LogP contribution is 2.68. The van der Waals surface area contributed by atoms with Crippen LogP contribution in [-0.2, 0) is 19.1 Å². The average molecular weight is 825 g/mol. The maximum atomic E-state index is 14.7. The van der Waals surface area contributed by atoms with E-state index in [1.165, 1.54) is 19.1 Å². The molecule has 2 aliphatic carbocycles. The van der Waals surface area contributed by atoms with Gasteiger partial charge in [-0.25, -0.2) is 28.3 Å². The third-order valence-electron chi connectivity index (χ3n) is 12.7. The number of aromatic nitrogens is 4. The highest BCUT2D eigenvalue weighted by molar-refractivity contribution is 5.87. The molecule has 4 fully saturated rings. The molecule has 2 aliphatic heterocycles. The molecule has 2 saturated carbocycles. The van der Waals surface area contributed by atoms with Gasteiger partial charge < -0.3 is 39.9 Å². The van der Waals surface area contributed by atoms with Crippen molar-refractivity contribution in [2.45, 2.75) is 89.9 Å². The van der Waals surface area contributed by atoms with E-state index in [-0.39, 0.29) is 48.6 Å². The number of carbonyl (C=O) groups is 4. The molecule has 2 aromatic heterocycles. The Morgan fingerprint density at radius 3 is 1.93 bits per heavy atom. The van der Waals surface area contributed by atoms with E-state index in [2.05, 4.69) is 37.4 Å². The van der Waals surface area contributed by atoms with Gasteiger partial charge in [-0.2, -0.15) is 0 Å². The molecule has 0 bridgehead atoms. The van der Waals surface area contributed by atoms with E-state index < -0.39 is 47.6 Å². The van der Waals surface area contributed by atoms with Gasteiger partial charge in [0.2, 0.25) is 11.8 Å². The lowest BCUT2D eigenvalue weighted by molar-refractivity contribution is -0.136. The monoisotopic (exact) mass is 824 g/mol. The number of nitrogens with zero attached hydrogens (tertiary/aromatic N) is 4. The van der Waals surface area contributed by atoms with Gasteiger partial charge in [0.15, 0.2) is 0 Å². The molecule has 4 amide bonds. The van der Waals surface area contributed by atoms with Crippen LogP contribution in [0, 0.1) is 34.5 Å². The third-order valence-corrected chi connectivity index (χ3v) is 12.7. The lowest BCUT2D eigenvalue weighted by Crippen LogP contribution is -2.51. The summed E-state index contributed by atoms with van der Waals surface area (Å²) in [6, 6.07) is 10.6. The summed E-state index contributed by atoms with van der Waals surface area (Å²) in [5, 5.41) is 5.29. The molecule has 0 radical (unpaired) electrons. The van der Waals surface area contributed by atoms with E-state index in [1.807, 2.05) is 61.2 Å². The second-order valence-corrected chi connectivity index (χ2v) is 17.6. The van der Waals surface area contributed by atoms with Crippen molar-refractivity contribution in [3.63, 3.8) is 0 Å². The van der Waals surface area contributed by atoms with Gasteiger partial charge in [0.1, 0.15) is 23.7 Å². The standard InChI is InChI=1S/C44H50F2N8O6/c1-24(2)34(51-40(57)59-5)38(55)53-22-42(15-16-42)18-32(53)37-48-29-14-11-27(17-30(29)49-37)8-7-26-9-12-28(13-10-26)31-20-47-36(50-31)33-19-43(21-44(43,45)46)23-54(33)39(56)35(25(3)4)52-41(58)60-6/h9-14,17,20,24-25,32-35H,15-16,18-19,21-23H2,1-6H3,(H,47,50)(H,48,49)(H,51,57)(H,52,58)/t32-,33-,34-,35?,43-/m0/s1. The van der Waals surface area contributed by atoms with E-state index in [4.69, 9.17) is 14.5 Å². The molecular formula is C44H50F2N8O6. The third kappa shape index (κ3) is 7.65. The van der Waals surface area contributed by atoms with Crippen LogP contribution in [-0.4, -0.2) is 99.1 Å². The highest BCUT2D eigenvalue weighted by atomic mass is 19.3. The number of rotatable bonds is 9. The fourth-order valence-corrected chi connectivity index (χ4v) is 8.85. The fraction of sp³-hybridized carbons (Fsp3) is 0.500. The Hall–Kier alpha value is -5.98. The zero-order chi connectivity index (χ0) is 42.7. The molecule has 8 rings (SSSR count). The van der Waals surface area contributed by atoms with Gasteiger partial charge in [-0.15, -0.1) is 0 Å². The summed E-state index contributed by atoms with van der Waals surface area (Å²) in [7, 11) is 2.49. The first-order valence-electron chi connectivity index (χ1n) is 20.4. The van der Waals surface area contributed by atoms with Gasteiger partial charge in [-0.1, -0.05) is 51.7 Å². The fourth-order valence-electron chi connectivity index (χ4n) is 8.85. The first kappa shape index (κ1) is 40.8. The van der Waals surface area contributed by atoms with Crippen LogP contribution >= 0.6 is 0 Å². The summed E-state index contributed by atoms with van der Waals surface area (Å²) < 4.78 is 38.9. The number of benzene rings is 2. The predicted molar refractivity (Wildman–Crippen MR) is 216 cm³/mol. The molecule has 4 aliphatic rings. The van der Waals surface area contributed by atoms with Crippen LogP contribution in [0.1, 0.15) is 94.7 Å². The van der Waals surface area contributed by atoms with Crippen LogP contribution in [0.4, 0.5) is 18.4 Å². The van der Waals surface area contributed by atoms with Crippen molar-refractivity contribution in [3.8, 4) is 23.1 Å². The number of alkyl carbamates (subject to hydrolysis) is 2. The largest absolute Gasteiger partial charge is 0.453 e. The van der Waals surface area contributed by atoms with Crippen molar-refractivity contribution >= 4 is 35.0 Å².